The van der Waals surface area contributed by atoms with Crippen LogP contribution in [0.3, 0.4) is 0 Å². The topological polar surface area (TPSA) is 50.4 Å². The average molecular weight is 264 g/mol. The van der Waals surface area contributed by atoms with Crippen molar-refractivity contribution >= 4 is 5.91 Å². The lowest BCUT2D eigenvalue weighted by atomic mass is 10.1. The largest absolute Gasteiger partial charge is 0.491 e. The van der Waals surface area contributed by atoms with Gasteiger partial charge in [0.05, 0.1) is 18.7 Å². The molecule has 1 unspecified atom stereocenters. The molecule has 0 aliphatic rings. The van der Waals surface area contributed by atoms with Crippen molar-refractivity contribution in [1.82, 2.24) is 10.6 Å². The molecular weight excluding hydrogens is 240 g/mol. The molecule has 0 heterocycles. The van der Waals surface area contributed by atoms with Gasteiger partial charge in [-0.1, -0.05) is 19.1 Å². The first kappa shape index (κ1) is 15.5. The van der Waals surface area contributed by atoms with Crippen LogP contribution in [0.15, 0.2) is 24.3 Å². The van der Waals surface area contributed by atoms with Crippen LogP contribution in [0.2, 0.25) is 0 Å². The molecule has 4 heteroatoms. The normalized spacial score (nSPS) is 12.3. The van der Waals surface area contributed by atoms with E-state index in [0.29, 0.717) is 6.54 Å². The monoisotopic (exact) mass is 264 g/mol. The molecule has 0 bridgehead atoms. The minimum atomic E-state index is -0.0260. The van der Waals surface area contributed by atoms with Crippen molar-refractivity contribution in [3.63, 3.8) is 0 Å². The van der Waals surface area contributed by atoms with Gasteiger partial charge in [-0.25, -0.2) is 0 Å². The fraction of sp³-hybridized carbons (Fsp3) is 0.533. The van der Waals surface area contributed by atoms with Crippen molar-refractivity contribution < 1.29 is 9.53 Å². The smallest absolute Gasteiger partial charge is 0.234 e. The van der Waals surface area contributed by atoms with Crippen LogP contribution in [0, 0.1) is 0 Å². The molecule has 1 rings (SSSR count). The van der Waals surface area contributed by atoms with Gasteiger partial charge in [0.1, 0.15) is 5.75 Å². The third-order valence-electron chi connectivity index (χ3n) is 2.64. The Morgan fingerprint density at radius 1 is 1.32 bits per heavy atom. The van der Waals surface area contributed by atoms with Gasteiger partial charge in [0.2, 0.25) is 5.91 Å². The summed E-state index contributed by atoms with van der Waals surface area (Å²) in [7, 11) is 0. The number of ether oxygens (including phenoxy) is 1. The van der Waals surface area contributed by atoms with Crippen LogP contribution in [0.1, 0.15) is 39.3 Å². The lowest BCUT2D eigenvalue weighted by Crippen LogP contribution is -2.35. The number of rotatable bonds is 7. The molecule has 0 aromatic heterocycles. The molecule has 0 spiro atoms. The summed E-state index contributed by atoms with van der Waals surface area (Å²) < 4.78 is 5.65. The van der Waals surface area contributed by atoms with Crippen LogP contribution in [0.4, 0.5) is 0 Å². The van der Waals surface area contributed by atoms with E-state index in [1.54, 1.807) is 0 Å². The van der Waals surface area contributed by atoms with Crippen LogP contribution in [0.5, 0.6) is 5.75 Å². The number of nitrogens with one attached hydrogen (secondary N) is 2. The maximum absolute atomic E-state index is 11.6. The van der Waals surface area contributed by atoms with Gasteiger partial charge in [-0.05, 0) is 45.0 Å². The standard InChI is InChI=1S/C15H24N2O2/c1-5-16-10-15(18)17-12(4)13-7-6-8-14(9-13)19-11(2)3/h6-9,11-12,16H,5,10H2,1-4H3,(H,17,18). The second-order valence-electron chi connectivity index (χ2n) is 4.81. The van der Waals surface area contributed by atoms with Crippen LogP contribution < -0.4 is 15.4 Å². The van der Waals surface area contributed by atoms with Crippen LogP contribution >= 0.6 is 0 Å². The number of carbonyl (C=O) groups is 1. The van der Waals surface area contributed by atoms with Gasteiger partial charge in [-0.15, -0.1) is 0 Å². The lowest BCUT2D eigenvalue weighted by molar-refractivity contribution is -0.120. The van der Waals surface area contributed by atoms with Crippen LogP contribution in [0.25, 0.3) is 0 Å². The number of benzene rings is 1. The van der Waals surface area contributed by atoms with Crippen molar-refractivity contribution in [2.75, 3.05) is 13.1 Å². The molecule has 2 N–H and O–H groups in total. The van der Waals surface area contributed by atoms with Crippen LogP contribution in [-0.4, -0.2) is 25.1 Å². The number of carbonyl (C=O) groups excluding carboxylic acids is 1. The summed E-state index contributed by atoms with van der Waals surface area (Å²) in [5.74, 6) is 0.838. The number of hydrogen-bond donors (Lipinski definition) is 2. The number of likely N-dealkylation sites (N-methyl/N-ethyl adjacent to an activating group) is 1. The summed E-state index contributed by atoms with van der Waals surface area (Å²) in [6, 6.07) is 7.81. The molecule has 106 valence electrons. The highest BCUT2D eigenvalue weighted by atomic mass is 16.5. The SMILES string of the molecule is CCNCC(=O)NC(C)c1cccc(OC(C)C)c1. The Kier molecular flexibility index (Phi) is 6.36. The Bertz CT molecular complexity index is 405. The van der Waals surface area contributed by atoms with E-state index < -0.39 is 0 Å². The molecular formula is C15H24N2O2. The first-order valence-corrected chi connectivity index (χ1v) is 6.79. The maximum Gasteiger partial charge on any atom is 0.234 e. The second-order valence-corrected chi connectivity index (χ2v) is 4.81. The van der Waals surface area contributed by atoms with E-state index in [1.807, 2.05) is 52.0 Å². The third kappa shape index (κ3) is 5.75. The van der Waals surface area contributed by atoms with E-state index in [4.69, 9.17) is 4.74 Å². The summed E-state index contributed by atoms with van der Waals surface area (Å²) in [5.41, 5.74) is 1.04. The fourth-order valence-corrected chi connectivity index (χ4v) is 1.74. The number of amides is 1. The van der Waals surface area contributed by atoms with Crippen molar-refractivity contribution in [3.05, 3.63) is 29.8 Å². The minimum Gasteiger partial charge on any atom is -0.491 e. The molecule has 1 aromatic carbocycles. The fourth-order valence-electron chi connectivity index (χ4n) is 1.74. The molecule has 0 aliphatic heterocycles. The van der Waals surface area contributed by atoms with Gasteiger partial charge < -0.3 is 15.4 Å². The average Bonchev–Trinajstić information content (AvgIpc) is 2.35. The Hall–Kier alpha value is -1.55. The first-order chi connectivity index (χ1) is 9.02. The van der Waals surface area contributed by atoms with Crippen molar-refractivity contribution in [2.45, 2.75) is 39.8 Å². The molecule has 1 amide bonds. The Morgan fingerprint density at radius 3 is 2.68 bits per heavy atom. The Balaban J connectivity index is 2.61. The van der Waals surface area contributed by atoms with Crippen LogP contribution in [-0.2, 0) is 4.79 Å². The molecule has 19 heavy (non-hydrogen) atoms. The molecule has 1 aromatic rings. The summed E-state index contributed by atoms with van der Waals surface area (Å²) in [6.07, 6.45) is 0.147. The Labute approximate surface area is 115 Å². The van der Waals surface area contributed by atoms with E-state index >= 15 is 0 Å². The predicted molar refractivity (Wildman–Crippen MR) is 77.3 cm³/mol. The third-order valence-corrected chi connectivity index (χ3v) is 2.64. The summed E-state index contributed by atoms with van der Waals surface area (Å²) in [6.45, 7) is 9.08. The highest BCUT2D eigenvalue weighted by molar-refractivity contribution is 5.78. The molecule has 0 aliphatic carbocycles. The van der Waals surface area contributed by atoms with Gasteiger partial charge in [-0.2, -0.15) is 0 Å². The molecule has 1 atom stereocenters. The molecule has 0 fully saturated rings. The highest BCUT2D eigenvalue weighted by Crippen LogP contribution is 2.19. The zero-order valence-electron chi connectivity index (χ0n) is 12.2. The maximum atomic E-state index is 11.6. The predicted octanol–water partition coefficient (Wildman–Crippen LogP) is 2.26. The molecule has 0 saturated carbocycles. The van der Waals surface area contributed by atoms with Gasteiger partial charge in [0.25, 0.3) is 0 Å². The van der Waals surface area contributed by atoms with Crippen molar-refractivity contribution in [3.8, 4) is 5.75 Å². The minimum absolute atomic E-state index is 0.00420. The van der Waals surface area contributed by atoms with E-state index in [9.17, 15) is 4.79 Å². The summed E-state index contributed by atoms with van der Waals surface area (Å²) in [5, 5.41) is 5.96. The molecule has 4 nitrogen and oxygen atoms in total. The number of hydrogen-bond acceptors (Lipinski definition) is 3. The zero-order valence-corrected chi connectivity index (χ0v) is 12.2. The van der Waals surface area contributed by atoms with Gasteiger partial charge in [-0.3, -0.25) is 4.79 Å². The zero-order chi connectivity index (χ0) is 14.3. The quantitative estimate of drug-likeness (QED) is 0.794. The summed E-state index contributed by atoms with van der Waals surface area (Å²) >= 11 is 0. The molecule has 0 radical (unpaired) electrons. The molecule has 0 saturated heterocycles. The van der Waals surface area contributed by atoms with E-state index in [0.717, 1.165) is 17.9 Å². The Morgan fingerprint density at radius 2 is 2.05 bits per heavy atom. The van der Waals surface area contributed by atoms with Crippen molar-refractivity contribution in [1.29, 1.82) is 0 Å². The van der Waals surface area contributed by atoms with Crippen molar-refractivity contribution in [2.24, 2.45) is 0 Å². The lowest BCUT2D eigenvalue weighted by Gasteiger charge is -2.16. The first-order valence-electron chi connectivity index (χ1n) is 6.79. The van der Waals surface area contributed by atoms with E-state index in [-0.39, 0.29) is 18.1 Å². The van der Waals surface area contributed by atoms with Gasteiger partial charge >= 0.3 is 0 Å². The highest BCUT2D eigenvalue weighted by Gasteiger charge is 2.10. The van der Waals surface area contributed by atoms with E-state index in [1.165, 1.54) is 0 Å². The van der Waals surface area contributed by atoms with Gasteiger partial charge in [0.15, 0.2) is 0 Å². The second kappa shape index (κ2) is 7.79. The summed E-state index contributed by atoms with van der Waals surface area (Å²) in [4.78, 5) is 11.6. The van der Waals surface area contributed by atoms with E-state index in [2.05, 4.69) is 10.6 Å². The van der Waals surface area contributed by atoms with Gasteiger partial charge in [0, 0.05) is 0 Å².